The Balaban J connectivity index is 3.08. The fourth-order valence-electron chi connectivity index (χ4n) is 3.55. The lowest BCUT2D eigenvalue weighted by molar-refractivity contribution is -0.148. The molecular formula is C20H37NO7. The molecule has 0 saturated carbocycles. The van der Waals surface area contributed by atoms with Gasteiger partial charge in [0.15, 0.2) is 0 Å². The van der Waals surface area contributed by atoms with E-state index < -0.39 is 17.4 Å². The van der Waals surface area contributed by atoms with E-state index in [4.69, 9.17) is 23.7 Å². The van der Waals surface area contributed by atoms with Crippen LogP contribution in [0.3, 0.4) is 0 Å². The second kappa shape index (κ2) is 9.89. The maximum Gasteiger partial charge on any atom is 0.412 e. The van der Waals surface area contributed by atoms with E-state index in [2.05, 4.69) is 0 Å². The summed E-state index contributed by atoms with van der Waals surface area (Å²) in [4.78, 5) is 26.3. The lowest BCUT2D eigenvalue weighted by atomic mass is 9.85. The molecule has 1 aliphatic rings. The topological polar surface area (TPSA) is 83.5 Å². The van der Waals surface area contributed by atoms with Gasteiger partial charge in [-0.05, 0) is 40.5 Å². The van der Waals surface area contributed by atoms with Gasteiger partial charge in [-0.3, -0.25) is 9.69 Å². The molecule has 0 radical (unpaired) electrons. The minimum absolute atomic E-state index is 0.0872. The normalized spacial score (nSPS) is 22.5. The molecule has 164 valence electrons. The number of hydrogen-bond acceptors (Lipinski definition) is 7. The van der Waals surface area contributed by atoms with Crippen molar-refractivity contribution in [3.8, 4) is 0 Å². The Bertz CT molecular complexity index is 529. The van der Waals surface area contributed by atoms with E-state index in [0.29, 0.717) is 6.61 Å². The van der Waals surface area contributed by atoms with E-state index in [-0.39, 0.29) is 43.2 Å². The average Bonchev–Trinajstić information content (AvgIpc) is 2.88. The lowest BCUT2D eigenvalue weighted by Gasteiger charge is -2.39. The highest BCUT2D eigenvalue weighted by Gasteiger charge is 2.49. The second-order valence-corrected chi connectivity index (χ2v) is 8.83. The van der Waals surface area contributed by atoms with Gasteiger partial charge >= 0.3 is 12.1 Å². The summed E-state index contributed by atoms with van der Waals surface area (Å²) in [6, 6.07) is -0.271. The highest BCUT2D eigenvalue weighted by atomic mass is 16.7. The summed E-state index contributed by atoms with van der Waals surface area (Å²) in [6.07, 6.45) is -0.567. The van der Waals surface area contributed by atoms with Crippen LogP contribution in [0.4, 0.5) is 4.79 Å². The molecule has 28 heavy (non-hydrogen) atoms. The Labute approximate surface area is 168 Å². The highest BCUT2D eigenvalue weighted by Crippen LogP contribution is 2.36. The highest BCUT2D eigenvalue weighted by molar-refractivity contribution is 5.70. The molecule has 4 atom stereocenters. The first-order valence-corrected chi connectivity index (χ1v) is 9.67. The fourth-order valence-corrected chi connectivity index (χ4v) is 3.55. The van der Waals surface area contributed by atoms with Crippen molar-refractivity contribution < 1.29 is 33.3 Å². The quantitative estimate of drug-likeness (QED) is 0.455. The van der Waals surface area contributed by atoms with Crippen LogP contribution in [0.1, 0.15) is 54.9 Å². The summed E-state index contributed by atoms with van der Waals surface area (Å²) >= 11 is 0. The Hall–Kier alpha value is -1.38. The predicted molar refractivity (Wildman–Crippen MR) is 104 cm³/mol. The Kier molecular flexibility index (Phi) is 8.71. The fraction of sp³-hybridized carbons (Fsp3) is 0.900. The van der Waals surface area contributed by atoms with Gasteiger partial charge in [-0.25, -0.2) is 4.79 Å². The number of esters is 1. The minimum Gasteiger partial charge on any atom is -0.469 e. The maximum atomic E-state index is 12.9. The van der Waals surface area contributed by atoms with Gasteiger partial charge in [0.2, 0.25) is 0 Å². The first-order chi connectivity index (χ1) is 12.8. The molecular weight excluding hydrogens is 366 g/mol. The van der Waals surface area contributed by atoms with Crippen molar-refractivity contribution in [2.45, 2.75) is 78.4 Å². The number of rotatable bonds is 8. The van der Waals surface area contributed by atoms with Crippen LogP contribution < -0.4 is 0 Å². The van der Waals surface area contributed by atoms with E-state index in [1.807, 2.05) is 48.5 Å². The van der Waals surface area contributed by atoms with Crippen molar-refractivity contribution in [1.29, 1.82) is 0 Å². The molecule has 1 saturated heterocycles. The average molecular weight is 404 g/mol. The number of ether oxygens (including phenoxy) is 5. The molecule has 0 aromatic heterocycles. The van der Waals surface area contributed by atoms with Crippen LogP contribution in [-0.4, -0.2) is 68.1 Å². The van der Waals surface area contributed by atoms with E-state index in [1.54, 1.807) is 12.0 Å². The largest absolute Gasteiger partial charge is 0.469 e. The van der Waals surface area contributed by atoms with Crippen molar-refractivity contribution in [3.05, 3.63) is 0 Å². The van der Waals surface area contributed by atoms with Gasteiger partial charge in [0.25, 0.3) is 0 Å². The Morgan fingerprint density at radius 1 is 1.21 bits per heavy atom. The molecule has 0 spiro atoms. The van der Waals surface area contributed by atoms with Crippen molar-refractivity contribution in [1.82, 2.24) is 4.90 Å². The Morgan fingerprint density at radius 3 is 2.32 bits per heavy atom. The zero-order valence-corrected chi connectivity index (χ0v) is 18.7. The molecule has 1 rings (SSSR count). The molecule has 1 heterocycles. The third-order valence-corrected chi connectivity index (χ3v) is 4.89. The molecule has 0 aromatic carbocycles. The molecule has 1 fully saturated rings. The van der Waals surface area contributed by atoms with Gasteiger partial charge in [-0.2, -0.15) is 0 Å². The van der Waals surface area contributed by atoms with Crippen molar-refractivity contribution in [2.75, 3.05) is 27.6 Å². The van der Waals surface area contributed by atoms with Crippen molar-refractivity contribution in [3.63, 3.8) is 0 Å². The summed E-state index contributed by atoms with van der Waals surface area (Å²) in [5.41, 5.74) is -1.42. The summed E-state index contributed by atoms with van der Waals surface area (Å²) in [5, 5.41) is 0. The number of hydrogen-bond donors (Lipinski definition) is 0. The lowest BCUT2D eigenvalue weighted by Crippen LogP contribution is -2.54. The van der Waals surface area contributed by atoms with Crippen molar-refractivity contribution >= 4 is 12.1 Å². The number of methoxy groups -OCH3 is 2. The number of carbonyl (C=O) groups is 2. The third-order valence-electron chi connectivity index (χ3n) is 4.89. The van der Waals surface area contributed by atoms with E-state index >= 15 is 0 Å². The smallest absolute Gasteiger partial charge is 0.412 e. The standard InChI is InChI=1S/C20H37NO7/c1-13(10-16(22)25-9)17(26-12-24-8)14(2)15-11-27-20(6,7)21(15)18(23)28-19(3,4)5/h13-15,17H,10-12H2,1-9H3/t13-,14-,15+,17-/m1/s1. The zero-order chi connectivity index (χ0) is 21.7. The molecule has 1 aliphatic heterocycles. The van der Waals surface area contributed by atoms with Gasteiger partial charge in [0, 0.05) is 13.0 Å². The molecule has 8 heteroatoms. The van der Waals surface area contributed by atoms with Gasteiger partial charge in [0.05, 0.1) is 32.3 Å². The molecule has 0 bridgehead atoms. The van der Waals surface area contributed by atoms with Crippen LogP contribution in [0.2, 0.25) is 0 Å². The van der Waals surface area contributed by atoms with Crippen LogP contribution in [0.25, 0.3) is 0 Å². The molecule has 0 N–H and O–H groups in total. The van der Waals surface area contributed by atoms with Gasteiger partial charge < -0.3 is 23.7 Å². The monoisotopic (exact) mass is 403 g/mol. The second-order valence-electron chi connectivity index (χ2n) is 8.83. The number of carbonyl (C=O) groups excluding carboxylic acids is 2. The maximum absolute atomic E-state index is 12.9. The van der Waals surface area contributed by atoms with E-state index in [9.17, 15) is 9.59 Å². The SMILES string of the molecule is COCO[C@@H]([C@H](C)[C@@H]1COC(C)(C)N1C(=O)OC(C)(C)C)[C@H](C)CC(=O)OC. The Morgan fingerprint density at radius 2 is 1.82 bits per heavy atom. The molecule has 0 unspecified atom stereocenters. The van der Waals surface area contributed by atoms with Gasteiger partial charge in [0.1, 0.15) is 18.1 Å². The summed E-state index contributed by atoms with van der Waals surface area (Å²) in [7, 11) is 2.91. The third kappa shape index (κ3) is 6.60. The van der Waals surface area contributed by atoms with E-state index in [0.717, 1.165) is 0 Å². The van der Waals surface area contributed by atoms with Crippen LogP contribution in [0.5, 0.6) is 0 Å². The first kappa shape index (κ1) is 24.7. The predicted octanol–water partition coefficient (Wildman–Crippen LogP) is 3.18. The van der Waals surface area contributed by atoms with Crippen LogP contribution in [0, 0.1) is 11.8 Å². The molecule has 1 amide bonds. The van der Waals surface area contributed by atoms with Gasteiger partial charge in [-0.15, -0.1) is 0 Å². The number of nitrogens with zero attached hydrogens (tertiary/aromatic N) is 1. The molecule has 0 aromatic rings. The zero-order valence-electron chi connectivity index (χ0n) is 18.7. The van der Waals surface area contributed by atoms with E-state index in [1.165, 1.54) is 7.11 Å². The van der Waals surface area contributed by atoms with Crippen LogP contribution in [-0.2, 0) is 28.5 Å². The summed E-state index contributed by atoms with van der Waals surface area (Å²) in [5.74, 6) is -0.580. The summed E-state index contributed by atoms with van der Waals surface area (Å²) < 4.78 is 27.3. The van der Waals surface area contributed by atoms with Crippen LogP contribution >= 0.6 is 0 Å². The van der Waals surface area contributed by atoms with Crippen LogP contribution in [0.15, 0.2) is 0 Å². The molecule has 0 aliphatic carbocycles. The summed E-state index contributed by atoms with van der Waals surface area (Å²) in [6.45, 7) is 13.5. The number of amides is 1. The van der Waals surface area contributed by atoms with Crippen molar-refractivity contribution in [2.24, 2.45) is 11.8 Å². The first-order valence-electron chi connectivity index (χ1n) is 9.67. The molecule has 8 nitrogen and oxygen atoms in total. The minimum atomic E-state index is -0.807. The van der Waals surface area contributed by atoms with Gasteiger partial charge in [-0.1, -0.05) is 13.8 Å².